The number of anilines is 1. The molecule has 0 bridgehead atoms. The average molecular weight is 411 g/mol. The molecule has 29 heavy (non-hydrogen) atoms. The normalized spacial score (nSPS) is 21.9. The summed E-state index contributed by atoms with van der Waals surface area (Å²) in [6.07, 6.45) is 0.366. The van der Waals surface area contributed by atoms with Gasteiger partial charge in [-0.2, -0.15) is 11.8 Å². The second-order valence-electron chi connectivity index (χ2n) is 7.89. The molecule has 152 valence electrons. The lowest BCUT2D eigenvalue weighted by molar-refractivity contribution is -0.134. The summed E-state index contributed by atoms with van der Waals surface area (Å²) < 4.78 is 5.56. The van der Waals surface area contributed by atoms with Crippen molar-refractivity contribution >= 4 is 29.3 Å². The Labute approximate surface area is 175 Å². The van der Waals surface area contributed by atoms with Crippen molar-refractivity contribution < 1.29 is 14.3 Å². The van der Waals surface area contributed by atoms with Crippen molar-refractivity contribution in [3.63, 3.8) is 0 Å². The maximum Gasteiger partial charge on any atom is 0.339 e. The fourth-order valence-electron chi connectivity index (χ4n) is 3.90. The SMILES string of the molecule is Cc1c(CN2CCSCC2)cccc1NC(=O)C1(C)Cc2ccccc2C(=O)O1. The third-order valence-electron chi connectivity index (χ3n) is 5.76. The predicted molar refractivity (Wildman–Crippen MR) is 116 cm³/mol. The number of nitrogens with one attached hydrogen (secondary N) is 1. The molecule has 0 radical (unpaired) electrons. The third kappa shape index (κ3) is 4.19. The fourth-order valence-corrected chi connectivity index (χ4v) is 4.88. The lowest BCUT2D eigenvalue weighted by atomic mass is 9.89. The van der Waals surface area contributed by atoms with E-state index in [0.29, 0.717) is 12.0 Å². The van der Waals surface area contributed by atoms with Crippen LogP contribution in [0.3, 0.4) is 0 Å². The van der Waals surface area contributed by atoms with E-state index in [1.807, 2.05) is 43.0 Å². The number of fused-ring (bicyclic) bond motifs is 1. The minimum absolute atomic E-state index is 0.296. The van der Waals surface area contributed by atoms with Crippen molar-refractivity contribution in [2.75, 3.05) is 29.9 Å². The van der Waals surface area contributed by atoms with Crippen LogP contribution >= 0.6 is 11.8 Å². The van der Waals surface area contributed by atoms with Gasteiger partial charge in [0.15, 0.2) is 5.60 Å². The van der Waals surface area contributed by atoms with Crippen LogP contribution < -0.4 is 5.32 Å². The first-order valence-electron chi connectivity index (χ1n) is 9.97. The highest BCUT2D eigenvalue weighted by Gasteiger charge is 2.42. The fraction of sp³-hybridized carbons (Fsp3) is 0.391. The predicted octanol–water partition coefficient (Wildman–Crippen LogP) is 3.65. The van der Waals surface area contributed by atoms with E-state index in [1.165, 1.54) is 17.1 Å². The molecule has 1 amide bonds. The van der Waals surface area contributed by atoms with Gasteiger partial charge in [0.05, 0.1) is 5.56 Å². The Kier molecular flexibility index (Phi) is 5.65. The van der Waals surface area contributed by atoms with Crippen LogP contribution in [0.25, 0.3) is 0 Å². The number of thioether (sulfide) groups is 1. The van der Waals surface area contributed by atoms with Crippen molar-refractivity contribution in [2.24, 2.45) is 0 Å². The van der Waals surface area contributed by atoms with Gasteiger partial charge in [0, 0.05) is 43.2 Å². The van der Waals surface area contributed by atoms with Crippen molar-refractivity contribution in [3.8, 4) is 0 Å². The second-order valence-corrected chi connectivity index (χ2v) is 9.11. The summed E-state index contributed by atoms with van der Waals surface area (Å²) in [5.74, 6) is 1.59. The van der Waals surface area contributed by atoms with E-state index in [9.17, 15) is 9.59 Å². The van der Waals surface area contributed by atoms with Crippen molar-refractivity contribution in [3.05, 3.63) is 64.7 Å². The summed E-state index contributed by atoms with van der Waals surface area (Å²) >= 11 is 2.00. The first-order chi connectivity index (χ1) is 14.0. The molecule has 0 aliphatic carbocycles. The highest BCUT2D eigenvalue weighted by atomic mass is 32.2. The van der Waals surface area contributed by atoms with Crippen LogP contribution in [0.2, 0.25) is 0 Å². The molecule has 1 unspecified atom stereocenters. The summed E-state index contributed by atoms with van der Waals surface area (Å²) in [7, 11) is 0. The maximum absolute atomic E-state index is 13.1. The Morgan fingerprint density at radius 2 is 1.93 bits per heavy atom. The minimum atomic E-state index is -1.22. The Morgan fingerprint density at radius 3 is 2.72 bits per heavy atom. The van der Waals surface area contributed by atoms with E-state index in [-0.39, 0.29) is 5.91 Å². The largest absolute Gasteiger partial charge is 0.445 e. The Bertz CT molecular complexity index is 939. The molecule has 0 saturated carbocycles. The van der Waals surface area contributed by atoms with Crippen LogP contribution in [0.4, 0.5) is 5.69 Å². The molecule has 2 aliphatic rings. The molecule has 1 saturated heterocycles. The van der Waals surface area contributed by atoms with E-state index in [1.54, 1.807) is 19.1 Å². The van der Waals surface area contributed by atoms with Crippen LogP contribution in [0, 0.1) is 6.92 Å². The van der Waals surface area contributed by atoms with Crippen LogP contribution in [-0.2, 0) is 22.5 Å². The molecule has 2 aromatic rings. The summed E-state index contributed by atoms with van der Waals surface area (Å²) in [6.45, 7) is 6.78. The van der Waals surface area contributed by atoms with Crippen molar-refractivity contribution in [1.29, 1.82) is 0 Å². The van der Waals surface area contributed by atoms with Gasteiger partial charge in [-0.1, -0.05) is 30.3 Å². The number of carbonyl (C=O) groups is 2. The van der Waals surface area contributed by atoms with Crippen LogP contribution in [0.15, 0.2) is 42.5 Å². The van der Waals surface area contributed by atoms with Gasteiger partial charge in [0.2, 0.25) is 0 Å². The molecule has 2 aliphatic heterocycles. The van der Waals surface area contributed by atoms with Gasteiger partial charge < -0.3 is 10.1 Å². The van der Waals surface area contributed by atoms with Gasteiger partial charge in [0.25, 0.3) is 5.91 Å². The lowest BCUT2D eigenvalue weighted by Crippen LogP contribution is -2.49. The van der Waals surface area contributed by atoms with Gasteiger partial charge in [-0.25, -0.2) is 4.79 Å². The number of hydrogen-bond donors (Lipinski definition) is 1. The smallest absolute Gasteiger partial charge is 0.339 e. The number of benzene rings is 2. The number of hydrogen-bond acceptors (Lipinski definition) is 5. The Hall–Kier alpha value is -2.31. The molecule has 0 spiro atoms. The molecular weight excluding hydrogens is 384 g/mol. The standard InChI is InChI=1S/C23H26N2O3S/c1-16-18(15-25-10-12-29-13-11-25)7-5-9-20(16)24-22(27)23(2)14-17-6-3-4-8-19(17)21(26)28-23/h3-9H,10-15H2,1-2H3,(H,24,27). The van der Waals surface area contributed by atoms with Gasteiger partial charge in [-0.3, -0.25) is 9.69 Å². The number of cyclic esters (lactones) is 1. The molecule has 2 heterocycles. The molecular formula is C23H26N2O3S. The van der Waals surface area contributed by atoms with Crippen molar-refractivity contribution in [1.82, 2.24) is 4.90 Å². The number of carbonyl (C=O) groups excluding carboxylic acids is 2. The monoisotopic (exact) mass is 410 g/mol. The molecule has 1 N–H and O–H groups in total. The Balaban J connectivity index is 1.51. The summed E-state index contributed by atoms with van der Waals surface area (Å²) in [4.78, 5) is 27.9. The van der Waals surface area contributed by atoms with Gasteiger partial charge >= 0.3 is 5.97 Å². The highest BCUT2D eigenvalue weighted by Crippen LogP contribution is 2.30. The quantitative estimate of drug-likeness (QED) is 0.780. The number of rotatable bonds is 4. The number of nitrogens with zero attached hydrogens (tertiary/aromatic N) is 1. The van der Waals surface area contributed by atoms with Gasteiger partial charge in [-0.15, -0.1) is 0 Å². The number of esters is 1. The highest BCUT2D eigenvalue weighted by molar-refractivity contribution is 7.99. The molecule has 1 fully saturated rings. The van der Waals surface area contributed by atoms with Gasteiger partial charge in [-0.05, 0) is 42.7 Å². The van der Waals surface area contributed by atoms with Gasteiger partial charge in [0.1, 0.15) is 0 Å². The molecule has 1 atom stereocenters. The zero-order valence-electron chi connectivity index (χ0n) is 16.9. The van der Waals surface area contributed by atoms with Crippen molar-refractivity contribution in [2.45, 2.75) is 32.4 Å². The molecule has 5 nitrogen and oxygen atoms in total. The second kappa shape index (κ2) is 8.20. The molecule has 6 heteroatoms. The minimum Gasteiger partial charge on any atom is -0.445 e. The summed E-state index contributed by atoms with van der Waals surface area (Å²) in [5.41, 5.74) is 3.20. The van der Waals surface area contributed by atoms with E-state index in [4.69, 9.17) is 4.74 Å². The third-order valence-corrected chi connectivity index (χ3v) is 6.70. The average Bonchev–Trinajstić information content (AvgIpc) is 2.71. The molecule has 2 aromatic carbocycles. The maximum atomic E-state index is 13.1. The number of ether oxygens (including phenoxy) is 1. The summed E-state index contributed by atoms with van der Waals surface area (Å²) in [6, 6.07) is 13.3. The zero-order valence-corrected chi connectivity index (χ0v) is 17.7. The number of amides is 1. The zero-order chi connectivity index (χ0) is 20.4. The molecule has 0 aromatic heterocycles. The van der Waals surface area contributed by atoms with Crippen LogP contribution in [-0.4, -0.2) is 47.0 Å². The van der Waals surface area contributed by atoms with E-state index < -0.39 is 11.6 Å². The summed E-state index contributed by atoms with van der Waals surface area (Å²) in [5, 5.41) is 3.01. The van der Waals surface area contributed by atoms with E-state index in [2.05, 4.69) is 16.3 Å². The topological polar surface area (TPSA) is 58.6 Å². The molecule has 4 rings (SSSR count). The lowest BCUT2D eigenvalue weighted by Gasteiger charge is -2.33. The van der Waals surface area contributed by atoms with E-state index >= 15 is 0 Å². The Morgan fingerprint density at radius 1 is 1.17 bits per heavy atom. The van der Waals surface area contributed by atoms with E-state index in [0.717, 1.165) is 36.4 Å². The van der Waals surface area contributed by atoms with Crippen LogP contribution in [0.5, 0.6) is 0 Å². The first kappa shape index (κ1) is 20.0. The van der Waals surface area contributed by atoms with Crippen LogP contribution in [0.1, 0.15) is 34.0 Å². The first-order valence-corrected chi connectivity index (χ1v) is 11.1.